The second-order valence-corrected chi connectivity index (χ2v) is 5.01. The molecule has 72 valence electrons. The molecule has 2 aromatic rings. The van der Waals surface area contributed by atoms with Crippen molar-refractivity contribution in [2.45, 2.75) is 0 Å². The first kappa shape index (κ1) is 9.91. The number of halogens is 3. The van der Waals surface area contributed by atoms with Crippen LogP contribution in [0.2, 0.25) is 0 Å². The fraction of sp³-hybridized carbons (Fsp3) is 0. The highest BCUT2D eigenvalue weighted by atomic mass is 127. The van der Waals surface area contributed by atoms with E-state index in [0.29, 0.717) is 11.4 Å². The van der Waals surface area contributed by atoms with Crippen molar-refractivity contribution in [2.24, 2.45) is 0 Å². The molecule has 0 unspecified atom stereocenters. The molecule has 0 aliphatic heterocycles. The molecule has 2 rings (SSSR count). The van der Waals surface area contributed by atoms with Gasteiger partial charge in [-0.15, -0.1) is 0 Å². The molecule has 14 heavy (non-hydrogen) atoms. The van der Waals surface area contributed by atoms with Gasteiger partial charge in [-0.05, 0) is 52.3 Å². The van der Waals surface area contributed by atoms with E-state index in [1.165, 1.54) is 17.6 Å². The molecule has 1 aromatic carbocycles. The Morgan fingerprint density at radius 2 is 2.00 bits per heavy atom. The molecule has 0 bridgehead atoms. The van der Waals surface area contributed by atoms with E-state index in [0.717, 1.165) is 15.1 Å². The molecule has 1 heterocycles. The first-order chi connectivity index (χ1) is 6.66. The van der Waals surface area contributed by atoms with Crippen molar-refractivity contribution >= 4 is 34.1 Å². The van der Waals surface area contributed by atoms with Crippen LogP contribution in [0, 0.1) is 14.6 Å². The van der Waals surface area contributed by atoms with Crippen molar-refractivity contribution in [1.82, 2.24) is 9.36 Å². The Hall–Kier alpha value is -0.630. The molecule has 2 nitrogen and oxygen atoms in total. The van der Waals surface area contributed by atoms with E-state index in [-0.39, 0.29) is 0 Å². The van der Waals surface area contributed by atoms with Crippen LogP contribution in [-0.2, 0) is 0 Å². The third-order valence-electron chi connectivity index (χ3n) is 1.58. The maximum atomic E-state index is 12.8. The van der Waals surface area contributed by atoms with Crippen LogP contribution in [0.1, 0.15) is 0 Å². The van der Waals surface area contributed by atoms with Crippen LogP contribution in [0.25, 0.3) is 11.4 Å². The fourth-order valence-corrected chi connectivity index (χ4v) is 1.92. The molecule has 0 N–H and O–H groups in total. The summed E-state index contributed by atoms with van der Waals surface area (Å²) in [6.07, 6.45) is 0. The largest absolute Gasteiger partial charge is 0.209 e. The summed E-state index contributed by atoms with van der Waals surface area (Å²) >= 11 is 3.24. The van der Waals surface area contributed by atoms with E-state index in [2.05, 4.69) is 9.36 Å². The second kappa shape index (κ2) is 3.85. The number of hydrogen-bond donors (Lipinski definition) is 0. The van der Waals surface area contributed by atoms with Crippen LogP contribution in [0.3, 0.4) is 0 Å². The molecule has 0 radical (unpaired) electrons. The lowest BCUT2D eigenvalue weighted by Crippen LogP contribution is -1.86. The molecule has 0 amide bonds. The fourth-order valence-electron chi connectivity index (χ4n) is 0.957. The summed E-state index contributed by atoms with van der Waals surface area (Å²) < 4.78 is 30.2. The topological polar surface area (TPSA) is 25.8 Å². The van der Waals surface area contributed by atoms with Crippen molar-refractivity contribution in [3.05, 3.63) is 32.8 Å². The molecular weight excluding hydrogens is 321 g/mol. The molecule has 0 saturated heterocycles. The third-order valence-corrected chi connectivity index (χ3v) is 2.92. The van der Waals surface area contributed by atoms with Crippen LogP contribution in [0.5, 0.6) is 0 Å². The van der Waals surface area contributed by atoms with Gasteiger partial charge < -0.3 is 0 Å². The Balaban J connectivity index is 2.47. The Bertz CT molecular complexity index is 472. The summed E-state index contributed by atoms with van der Waals surface area (Å²) in [5, 5.41) is 0. The Kier molecular flexibility index (Phi) is 2.73. The smallest absolute Gasteiger partial charge is 0.174 e. The number of nitrogens with zero attached hydrogens (tertiary/aromatic N) is 2. The van der Waals surface area contributed by atoms with Gasteiger partial charge >= 0.3 is 0 Å². The van der Waals surface area contributed by atoms with Crippen molar-refractivity contribution in [3.63, 3.8) is 0 Å². The molecule has 0 aliphatic rings. The minimum Gasteiger partial charge on any atom is -0.209 e. The van der Waals surface area contributed by atoms with Gasteiger partial charge in [-0.2, -0.15) is 4.37 Å². The van der Waals surface area contributed by atoms with E-state index >= 15 is 0 Å². The molecule has 0 fully saturated rings. The minimum atomic E-state index is -0.882. The zero-order valence-electron chi connectivity index (χ0n) is 6.67. The van der Waals surface area contributed by atoms with E-state index in [1.54, 1.807) is 0 Å². The van der Waals surface area contributed by atoms with E-state index in [9.17, 15) is 8.78 Å². The van der Waals surface area contributed by atoms with Gasteiger partial charge in [0.15, 0.2) is 20.5 Å². The molecule has 0 aliphatic carbocycles. The van der Waals surface area contributed by atoms with Crippen LogP contribution in [0.15, 0.2) is 18.2 Å². The lowest BCUT2D eigenvalue weighted by Gasteiger charge is -1.95. The van der Waals surface area contributed by atoms with Gasteiger partial charge in [-0.3, -0.25) is 0 Å². The van der Waals surface area contributed by atoms with Crippen molar-refractivity contribution in [2.75, 3.05) is 0 Å². The van der Waals surface area contributed by atoms with Gasteiger partial charge in [0.25, 0.3) is 0 Å². The first-order valence-electron chi connectivity index (χ1n) is 3.61. The summed E-state index contributed by atoms with van der Waals surface area (Å²) in [4.78, 5) is 4.06. The van der Waals surface area contributed by atoms with Gasteiger partial charge in [0, 0.05) is 5.56 Å². The quantitative estimate of drug-likeness (QED) is 0.754. The highest BCUT2D eigenvalue weighted by molar-refractivity contribution is 14.1. The standard InChI is InChI=1S/C8H3F2IN2S/c9-5-2-1-4(3-6(5)10)7-12-8(11)14-13-7/h1-3H. The zero-order valence-corrected chi connectivity index (χ0v) is 9.64. The Labute approximate surface area is 96.3 Å². The van der Waals surface area contributed by atoms with Crippen LogP contribution >= 0.6 is 34.1 Å². The number of benzene rings is 1. The van der Waals surface area contributed by atoms with Gasteiger partial charge in [0.05, 0.1) is 0 Å². The monoisotopic (exact) mass is 324 g/mol. The summed E-state index contributed by atoms with van der Waals surface area (Å²) in [5.74, 6) is -1.32. The summed E-state index contributed by atoms with van der Waals surface area (Å²) in [6, 6.07) is 3.61. The second-order valence-electron chi connectivity index (χ2n) is 2.50. The van der Waals surface area contributed by atoms with Crippen molar-refractivity contribution in [1.29, 1.82) is 0 Å². The van der Waals surface area contributed by atoms with E-state index < -0.39 is 11.6 Å². The number of rotatable bonds is 1. The maximum absolute atomic E-state index is 12.8. The lowest BCUT2D eigenvalue weighted by atomic mass is 10.2. The van der Waals surface area contributed by atoms with Crippen LogP contribution in [0.4, 0.5) is 8.78 Å². The van der Waals surface area contributed by atoms with Gasteiger partial charge in [0.1, 0.15) is 0 Å². The average molecular weight is 324 g/mol. The third kappa shape index (κ3) is 1.90. The predicted molar refractivity (Wildman–Crippen MR) is 58.0 cm³/mol. The maximum Gasteiger partial charge on any atom is 0.174 e. The molecule has 0 saturated carbocycles. The lowest BCUT2D eigenvalue weighted by molar-refractivity contribution is 0.509. The van der Waals surface area contributed by atoms with Crippen LogP contribution in [-0.4, -0.2) is 9.36 Å². The molecule has 0 atom stereocenters. The van der Waals surface area contributed by atoms with E-state index in [1.807, 2.05) is 22.6 Å². The molecular formula is C8H3F2IN2S. The Morgan fingerprint density at radius 3 is 2.57 bits per heavy atom. The predicted octanol–water partition coefficient (Wildman–Crippen LogP) is 3.09. The average Bonchev–Trinajstić information content (AvgIpc) is 2.57. The molecule has 1 aromatic heterocycles. The first-order valence-corrected chi connectivity index (χ1v) is 5.46. The molecule has 0 spiro atoms. The van der Waals surface area contributed by atoms with Gasteiger partial charge in [-0.1, -0.05) is 0 Å². The number of aromatic nitrogens is 2. The van der Waals surface area contributed by atoms with Gasteiger partial charge in [-0.25, -0.2) is 13.8 Å². The van der Waals surface area contributed by atoms with Crippen molar-refractivity contribution in [3.8, 4) is 11.4 Å². The Morgan fingerprint density at radius 1 is 1.21 bits per heavy atom. The normalized spacial score (nSPS) is 10.5. The summed E-state index contributed by atoms with van der Waals surface area (Å²) in [6.45, 7) is 0. The zero-order chi connectivity index (χ0) is 10.1. The number of hydrogen-bond acceptors (Lipinski definition) is 3. The van der Waals surface area contributed by atoms with Crippen LogP contribution < -0.4 is 0 Å². The highest BCUT2D eigenvalue weighted by Gasteiger charge is 2.08. The summed E-state index contributed by atoms with van der Waals surface area (Å²) in [5.41, 5.74) is 0.489. The highest BCUT2D eigenvalue weighted by Crippen LogP contribution is 2.20. The van der Waals surface area contributed by atoms with Crippen molar-refractivity contribution < 1.29 is 8.78 Å². The molecule has 6 heteroatoms. The van der Waals surface area contributed by atoms with Gasteiger partial charge in [0.2, 0.25) is 0 Å². The summed E-state index contributed by atoms with van der Waals surface area (Å²) in [7, 11) is 0. The SMILES string of the molecule is Fc1ccc(-c2nsc(I)n2)cc1F. The van der Waals surface area contributed by atoms with E-state index in [4.69, 9.17) is 0 Å². The minimum absolute atomic E-state index is 0.429.